The van der Waals surface area contributed by atoms with E-state index in [4.69, 9.17) is 5.73 Å². The Morgan fingerprint density at radius 3 is 2.75 bits per heavy atom. The summed E-state index contributed by atoms with van der Waals surface area (Å²) in [6, 6.07) is 2.82. The molecule has 0 spiro atoms. The molecular formula is C9H9N5O2. The minimum Gasteiger partial charge on any atom is -0.378 e. The second-order valence-electron chi connectivity index (χ2n) is 3.29. The summed E-state index contributed by atoms with van der Waals surface area (Å²) in [5, 5.41) is 14.6. The highest BCUT2D eigenvalue weighted by Gasteiger charge is 2.13. The van der Waals surface area contributed by atoms with Gasteiger partial charge in [0.2, 0.25) is 5.82 Å². The van der Waals surface area contributed by atoms with Crippen molar-refractivity contribution in [2.45, 2.75) is 6.92 Å². The zero-order chi connectivity index (χ0) is 11.7. The monoisotopic (exact) mass is 219 g/mol. The van der Waals surface area contributed by atoms with E-state index in [9.17, 15) is 10.1 Å². The number of nitro groups is 1. The molecular weight excluding hydrogens is 210 g/mol. The van der Waals surface area contributed by atoms with Gasteiger partial charge in [-0.05, 0) is 18.6 Å². The molecule has 0 fully saturated rings. The van der Waals surface area contributed by atoms with Crippen molar-refractivity contribution in [2.75, 3.05) is 5.73 Å². The molecule has 2 rings (SSSR count). The van der Waals surface area contributed by atoms with Crippen LogP contribution < -0.4 is 5.73 Å². The van der Waals surface area contributed by atoms with E-state index in [1.807, 2.05) is 6.92 Å². The molecule has 0 aliphatic rings. The molecule has 0 aliphatic carbocycles. The third kappa shape index (κ3) is 1.70. The van der Waals surface area contributed by atoms with Gasteiger partial charge >= 0.3 is 5.69 Å². The molecule has 7 heteroatoms. The standard InChI is InChI=1S/C9H9N5O2/c1-6-4-11-13(5-6)8-3-2-7(14(15)16)9(10)12-8/h2-5H,1H3,(H2,10,12). The fourth-order valence-electron chi connectivity index (χ4n) is 1.28. The SMILES string of the molecule is Cc1cnn(-c2ccc([N+](=O)[O-])c(N)n2)c1. The number of pyridine rings is 1. The van der Waals surface area contributed by atoms with Crippen molar-refractivity contribution in [1.29, 1.82) is 0 Å². The lowest BCUT2D eigenvalue weighted by Gasteiger charge is -2.01. The van der Waals surface area contributed by atoms with Crippen molar-refractivity contribution < 1.29 is 4.92 Å². The highest BCUT2D eigenvalue weighted by molar-refractivity contribution is 5.54. The first kappa shape index (κ1) is 10.1. The van der Waals surface area contributed by atoms with Crippen LogP contribution in [0.15, 0.2) is 24.5 Å². The molecule has 82 valence electrons. The Balaban J connectivity index is 2.45. The molecule has 7 nitrogen and oxygen atoms in total. The molecule has 0 radical (unpaired) electrons. The Bertz CT molecular complexity index is 549. The molecule has 16 heavy (non-hydrogen) atoms. The summed E-state index contributed by atoms with van der Waals surface area (Å²) in [5.41, 5.74) is 6.24. The summed E-state index contributed by atoms with van der Waals surface area (Å²) in [6.07, 6.45) is 3.42. The number of rotatable bonds is 2. The van der Waals surface area contributed by atoms with E-state index in [0.29, 0.717) is 5.82 Å². The van der Waals surface area contributed by atoms with Crippen molar-refractivity contribution in [3.05, 3.63) is 40.2 Å². The number of hydrogen-bond acceptors (Lipinski definition) is 5. The van der Waals surface area contributed by atoms with Crippen molar-refractivity contribution in [2.24, 2.45) is 0 Å². The number of aryl methyl sites for hydroxylation is 1. The molecule has 0 bridgehead atoms. The van der Waals surface area contributed by atoms with Crippen LogP contribution in [0.5, 0.6) is 0 Å². The predicted octanol–water partition coefficient (Wildman–Crippen LogP) is 1.07. The first-order valence-corrected chi connectivity index (χ1v) is 4.50. The summed E-state index contributed by atoms with van der Waals surface area (Å²) in [7, 11) is 0. The zero-order valence-corrected chi connectivity index (χ0v) is 8.49. The summed E-state index contributed by atoms with van der Waals surface area (Å²) in [6.45, 7) is 1.89. The van der Waals surface area contributed by atoms with Gasteiger partial charge in [-0.25, -0.2) is 9.67 Å². The van der Waals surface area contributed by atoms with Gasteiger partial charge in [-0.1, -0.05) is 0 Å². The molecule has 0 aromatic carbocycles. The Morgan fingerprint density at radius 1 is 1.50 bits per heavy atom. The highest BCUT2D eigenvalue weighted by atomic mass is 16.6. The van der Waals surface area contributed by atoms with Crippen LogP contribution in [-0.4, -0.2) is 19.7 Å². The summed E-state index contributed by atoms with van der Waals surface area (Å²) in [4.78, 5) is 13.9. The van der Waals surface area contributed by atoms with Crippen LogP contribution in [0.1, 0.15) is 5.56 Å². The van der Waals surface area contributed by atoms with Gasteiger partial charge in [0.15, 0.2) is 5.82 Å². The Labute approximate surface area is 90.7 Å². The van der Waals surface area contributed by atoms with E-state index in [0.717, 1.165) is 5.56 Å². The third-order valence-electron chi connectivity index (χ3n) is 2.03. The number of aromatic nitrogens is 3. The van der Waals surface area contributed by atoms with Gasteiger partial charge in [-0.3, -0.25) is 10.1 Å². The van der Waals surface area contributed by atoms with E-state index in [-0.39, 0.29) is 11.5 Å². The molecule has 2 aromatic rings. The predicted molar refractivity (Wildman–Crippen MR) is 57.2 cm³/mol. The molecule has 0 saturated heterocycles. The molecule has 0 saturated carbocycles. The van der Waals surface area contributed by atoms with Gasteiger partial charge in [0.1, 0.15) is 0 Å². The van der Waals surface area contributed by atoms with Crippen molar-refractivity contribution in [3.8, 4) is 5.82 Å². The normalized spacial score (nSPS) is 10.3. The quantitative estimate of drug-likeness (QED) is 0.601. The summed E-state index contributed by atoms with van der Waals surface area (Å²) in [5.74, 6) is 0.340. The van der Waals surface area contributed by atoms with Gasteiger partial charge < -0.3 is 5.73 Å². The van der Waals surface area contributed by atoms with Crippen LogP contribution >= 0.6 is 0 Å². The number of nitrogens with two attached hydrogens (primary N) is 1. The average molecular weight is 219 g/mol. The van der Waals surface area contributed by atoms with E-state index >= 15 is 0 Å². The topological polar surface area (TPSA) is 99.9 Å². The van der Waals surface area contributed by atoms with E-state index in [1.54, 1.807) is 12.4 Å². The lowest BCUT2D eigenvalue weighted by Crippen LogP contribution is -2.03. The maximum atomic E-state index is 10.5. The van der Waals surface area contributed by atoms with E-state index in [1.165, 1.54) is 16.8 Å². The molecule has 0 atom stereocenters. The molecule has 2 N–H and O–H groups in total. The second kappa shape index (κ2) is 3.61. The highest BCUT2D eigenvalue weighted by Crippen LogP contribution is 2.19. The van der Waals surface area contributed by atoms with Crippen LogP contribution in [0.2, 0.25) is 0 Å². The molecule has 2 aromatic heterocycles. The maximum absolute atomic E-state index is 10.5. The van der Waals surface area contributed by atoms with Gasteiger partial charge in [0.05, 0.1) is 11.1 Å². The molecule has 2 heterocycles. The Kier molecular flexibility index (Phi) is 2.28. The molecule has 0 amide bonds. The van der Waals surface area contributed by atoms with E-state index < -0.39 is 4.92 Å². The number of nitrogens with zero attached hydrogens (tertiary/aromatic N) is 4. The van der Waals surface area contributed by atoms with E-state index in [2.05, 4.69) is 10.1 Å². The number of hydrogen-bond donors (Lipinski definition) is 1. The van der Waals surface area contributed by atoms with Crippen molar-refractivity contribution in [1.82, 2.24) is 14.8 Å². The Hall–Kier alpha value is -2.44. The van der Waals surface area contributed by atoms with Gasteiger partial charge in [-0.2, -0.15) is 5.10 Å². The third-order valence-corrected chi connectivity index (χ3v) is 2.03. The zero-order valence-electron chi connectivity index (χ0n) is 8.49. The maximum Gasteiger partial charge on any atom is 0.311 e. The smallest absolute Gasteiger partial charge is 0.311 e. The largest absolute Gasteiger partial charge is 0.378 e. The lowest BCUT2D eigenvalue weighted by atomic mass is 10.4. The fraction of sp³-hybridized carbons (Fsp3) is 0.111. The minimum absolute atomic E-state index is 0.115. The van der Waals surface area contributed by atoms with Crippen molar-refractivity contribution in [3.63, 3.8) is 0 Å². The first-order valence-electron chi connectivity index (χ1n) is 4.50. The number of anilines is 1. The molecule has 0 unspecified atom stereocenters. The number of nitrogen functional groups attached to an aromatic ring is 1. The average Bonchev–Trinajstić information content (AvgIpc) is 2.64. The minimum atomic E-state index is -0.569. The van der Waals surface area contributed by atoms with Crippen LogP contribution in [0, 0.1) is 17.0 Å². The lowest BCUT2D eigenvalue weighted by molar-refractivity contribution is -0.384. The van der Waals surface area contributed by atoms with Crippen LogP contribution in [-0.2, 0) is 0 Å². The second-order valence-corrected chi connectivity index (χ2v) is 3.29. The van der Waals surface area contributed by atoms with Crippen LogP contribution in [0.4, 0.5) is 11.5 Å². The van der Waals surface area contributed by atoms with Gasteiger partial charge in [-0.15, -0.1) is 0 Å². The van der Waals surface area contributed by atoms with Gasteiger partial charge in [0, 0.05) is 12.3 Å². The van der Waals surface area contributed by atoms with Crippen molar-refractivity contribution >= 4 is 11.5 Å². The summed E-state index contributed by atoms with van der Waals surface area (Å²) < 4.78 is 1.51. The van der Waals surface area contributed by atoms with Crippen LogP contribution in [0.3, 0.4) is 0 Å². The first-order chi connectivity index (χ1) is 7.58. The summed E-state index contributed by atoms with van der Waals surface area (Å²) >= 11 is 0. The Morgan fingerprint density at radius 2 is 2.25 bits per heavy atom. The molecule has 0 aliphatic heterocycles. The van der Waals surface area contributed by atoms with Crippen LogP contribution in [0.25, 0.3) is 5.82 Å². The van der Waals surface area contributed by atoms with Gasteiger partial charge in [0.25, 0.3) is 0 Å². The fourth-order valence-corrected chi connectivity index (χ4v) is 1.28.